The van der Waals surface area contributed by atoms with E-state index in [0.29, 0.717) is 28.6 Å². The molecular formula is C18H18N6O2. The summed E-state index contributed by atoms with van der Waals surface area (Å²) in [5.74, 6) is 1.86. The molecule has 1 atom stereocenters. The number of hydrogen-bond donors (Lipinski definition) is 1. The molecule has 0 fully saturated rings. The van der Waals surface area contributed by atoms with Gasteiger partial charge in [-0.2, -0.15) is 5.10 Å². The topological polar surface area (TPSA) is 90.2 Å². The van der Waals surface area contributed by atoms with Gasteiger partial charge in [0, 0.05) is 0 Å². The van der Waals surface area contributed by atoms with Gasteiger partial charge in [-0.25, -0.2) is 14.5 Å². The van der Waals surface area contributed by atoms with E-state index in [9.17, 15) is 0 Å². The van der Waals surface area contributed by atoms with Crippen molar-refractivity contribution in [1.82, 2.24) is 29.8 Å². The lowest BCUT2D eigenvalue weighted by Gasteiger charge is -2.15. The third-order valence-corrected chi connectivity index (χ3v) is 4.08. The summed E-state index contributed by atoms with van der Waals surface area (Å²) in [5, 5.41) is 12.1. The Morgan fingerprint density at radius 2 is 2.23 bits per heavy atom. The lowest BCUT2D eigenvalue weighted by atomic mass is 10.1. The van der Waals surface area contributed by atoms with Crippen LogP contribution < -0.4 is 9.47 Å². The Morgan fingerprint density at radius 1 is 1.35 bits per heavy atom. The van der Waals surface area contributed by atoms with Gasteiger partial charge >= 0.3 is 0 Å². The van der Waals surface area contributed by atoms with Gasteiger partial charge in [0.15, 0.2) is 34.7 Å². The fourth-order valence-electron chi connectivity index (χ4n) is 2.78. The Hall–Kier alpha value is -3.42. The van der Waals surface area contributed by atoms with Crippen molar-refractivity contribution < 1.29 is 9.47 Å². The van der Waals surface area contributed by atoms with Gasteiger partial charge in [0.05, 0.1) is 18.7 Å². The summed E-state index contributed by atoms with van der Waals surface area (Å²) < 4.78 is 13.1. The summed E-state index contributed by atoms with van der Waals surface area (Å²) >= 11 is 0. The molecule has 0 spiro atoms. The number of nitrogens with zero attached hydrogens (tertiary/aromatic N) is 5. The third kappa shape index (κ3) is 2.75. The first-order chi connectivity index (χ1) is 12.7. The number of nitrogens with one attached hydrogen (secondary N) is 1. The van der Waals surface area contributed by atoms with E-state index in [0.717, 1.165) is 17.4 Å². The molecule has 0 aliphatic carbocycles. The zero-order valence-electron chi connectivity index (χ0n) is 14.5. The van der Waals surface area contributed by atoms with Crippen LogP contribution in [0.4, 0.5) is 0 Å². The highest BCUT2D eigenvalue weighted by atomic mass is 16.5. The van der Waals surface area contributed by atoms with Gasteiger partial charge in [-0.3, -0.25) is 5.10 Å². The van der Waals surface area contributed by atoms with Gasteiger partial charge in [-0.1, -0.05) is 12.1 Å². The monoisotopic (exact) mass is 350 g/mol. The van der Waals surface area contributed by atoms with Gasteiger partial charge in [0.1, 0.15) is 6.33 Å². The molecule has 0 saturated heterocycles. The second kappa shape index (κ2) is 6.47. The molecule has 0 bridgehead atoms. The quantitative estimate of drug-likeness (QED) is 0.538. The van der Waals surface area contributed by atoms with Gasteiger partial charge in [-0.15, -0.1) is 11.7 Å². The van der Waals surface area contributed by atoms with E-state index in [2.05, 4.69) is 31.8 Å². The molecule has 132 valence electrons. The van der Waals surface area contributed by atoms with Crippen LogP contribution in [0.1, 0.15) is 24.4 Å². The maximum Gasteiger partial charge on any atom is 0.192 e. The maximum atomic E-state index is 6.05. The number of benzene rings is 1. The van der Waals surface area contributed by atoms with Crippen molar-refractivity contribution in [3.63, 3.8) is 0 Å². The summed E-state index contributed by atoms with van der Waals surface area (Å²) in [6.07, 6.45) is 5.54. The van der Waals surface area contributed by atoms with E-state index in [1.165, 1.54) is 0 Å². The Labute approximate surface area is 149 Å². The van der Waals surface area contributed by atoms with Crippen LogP contribution in [0, 0.1) is 0 Å². The van der Waals surface area contributed by atoms with Crippen LogP contribution in [0.25, 0.3) is 16.7 Å². The SMILES string of the molecule is C=CCc1ccc(OC(C)c2nc3c4cn[nH]c4ncn3n2)c(OC)c1. The molecule has 0 aliphatic rings. The van der Waals surface area contributed by atoms with Gasteiger partial charge in [-0.05, 0) is 31.0 Å². The van der Waals surface area contributed by atoms with Crippen LogP contribution in [0.3, 0.4) is 0 Å². The molecular weight excluding hydrogens is 332 g/mol. The fourth-order valence-corrected chi connectivity index (χ4v) is 2.78. The molecule has 4 rings (SSSR count). The van der Waals surface area contributed by atoms with Crippen molar-refractivity contribution in [3.8, 4) is 11.5 Å². The molecule has 4 aromatic rings. The van der Waals surface area contributed by atoms with Crippen molar-refractivity contribution in [2.45, 2.75) is 19.4 Å². The molecule has 1 aromatic carbocycles. The number of methoxy groups -OCH3 is 1. The minimum Gasteiger partial charge on any atom is -0.493 e. The first-order valence-corrected chi connectivity index (χ1v) is 8.18. The lowest BCUT2D eigenvalue weighted by molar-refractivity contribution is 0.206. The normalized spacial score (nSPS) is 12.4. The van der Waals surface area contributed by atoms with Crippen molar-refractivity contribution in [3.05, 3.63) is 54.8 Å². The van der Waals surface area contributed by atoms with Crippen LogP contribution in [-0.2, 0) is 6.42 Å². The van der Waals surface area contributed by atoms with Crippen molar-refractivity contribution in [2.75, 3.05) is 7.11 Å². The largest absolute Gasteiger partial charge is 0.493 e. The lowest BCUT2D eigenvalue weighted by Crippen LogP contribution is -2.06. The predicted molar refractivity (Wildman–Crippen MR) is 96.4 cm³/mol. The van der Waals surface area contributed by atoms with Crippen LogP contribution >= 0.6 is 0 Å². The highest BCUT2D eigenvalue weighted by Crippen LogP contribution is 2.32. The second-order valence-corrected chi connectivity index (χ2v) is 5.85. The molecule has 1 unspecified atom stereocenters. The van der Waals surface area contributed by atoms with E-state index in [1.807, 2.05) is 31.2 Å². The zero-order chi connectivity index (χ0) is 18.1. The molecule has 0 aliphatic heterocycles. The molecule has 3 heterocycles. The summed E-state index contributed by atoms with van der Waals surface area (Å²) in [6, 6.07) is 5.82. The minimum atomic E-state index is -0.365. The standard InChI is InChI=1S/C18H18N6O2/c1-4-5-12-6-7-14(15(8-12)25-3)26-11(2)16-21-18-13-9-20-22-17(13)19-10-24(18)23-16/h4,6-11H,1,5H2,2-3H3,(H,20,22). The van der Waals surface area contributed by atoms with Crippen LogP contribution in [-0.4, -0.2) is 36.9 Å². The number of hydrogen-bond acceptors (Lipinski definition) is 6. The summed E-state index contributed by atoms with van der Waals surface area (Å²) in [7, 11) is 1.62. The molecule has 0 amide bonds. The average Bonchev–Trinajstić information content (AvgIpc) is 3.29. The molecule has 1 N–H and O–H groups in total. The van der Waals surface area contributed by atoms with Gasteiger partial charge in [0.2, 0.25) is 0 Å². The minimum absolute atomic E-state index is 0.365. The number of aromatic amines is 1. The molecule has 26 heavy (non-hydrogen) atoms. The van der Waals surface area contributed by atoms with E-state index >= 15 is 0 Å². The van der Waals surface area contributed by atoms with Crippen LogP contribution in [0.2, 0.25) is 0 Å². The average molecular weight is 350 g/mol. The molecule has 0 saturated carbocycles. The van der Waals surface area contributed by atoms with E-state index < -0.39 is 0 Å². The Balaban J connectivity index is 1.64. The number of rotatable bonds is 6. The Bertz CT molecular complexity index is 1080. The predicted octanol–water partition coefficient (Wildman–Crippen LogP) is 2.88. The summed E-state index contributed by atoms with van der Waals surface area (Å²) in [5.41, 5.74) is 2.46. The molecule has 8 heteroatoms. The molecule has 3 aromatic heterocycles. The summed E-state index contributed by atoms with van der Waals surface area (Å²) in [4.78, 5) is 8.84. The number of H-pyrrole nitrogens is 1. The fraction of sp³-hybridized carbons (Fsp3) is 0.222. The molecule has 8 nitrogen and oxygen atoms in total. The smallest absolute Gasteiger partial charge is 0.192 e. The Kier molecular flexibility index (Phi) is 4.00. The van der Waals surface area contributed by atoms with Crippen molar-refractivity contribution in [1.29, 1.82) is 0 Å². The highest BCUT2D eigenvalue weighted by molar-refractivity contribution is 5.87. The van der Waals surface area contributed by atoms with E-state index in [1.54, 1.807) is 24.1 Å². The number of aromatic nitrogens is 6. The van der Waals surface area contributed by atoms with E-state index in [4.69, 9.17) is 9.47 Å². The number of fused-ring (bicyclic) bond motifs is 3. The maximum absolute atomic E-state index is 6.05. The second-order valence-electron chi connectivity index (χ2n) is 5.85. The van der Waals surface area contributed by atoms with Gasteiger partial charge < -0.3 is 9.47 Å². The summed E-state index contributed by atoms with van der Waals surface area (Å²) in [6.45, 7) is 5.65. The van der Waals surface area contributed by atoms with Crippen LogP contribution in [0.5, 0.6) is 11.5 Å². The van der Waals surface area contributed by atoms with Gasteiger partial charge in [0.25, 0.3) is 0 Å². The first kappa shape index (κ1) is 16.1. The van der Waals surface area contributed by atoms with E-state index in [-0.39, 0.29) is 6.10 Å². The molecule has 0 radical (unpaired) electrons. The number of ether oxygens (including phenoxy) is 2. The first-order valence-electron chi connectivity index (χ1n) is 8.18. The van der Waals surface area contributed by atoms with Crippen LogP contribution in [0.15, 0.2) is 43.4 Å². The Morgan fingerprint density at radius 3 is 3.04 bits per heavy atom. The number of allylic oxidation sites excluding steroid dienone is 1. The van der Waals surface area contributed by atoms with Crippen molar-refractivity contribution >= 4 is 16.7 Å². The zero-order valence-corrected chi connectivity index (χ0v) is 14.5. The highest BCUT2D eigenvalue weighted by Gasteiger charge is 2.18. The third-order valence-electron chi connectivity index (χ3n) is 4.08. The van der Waals surface area contributed by atoms with Crippen molar-refractivity contribution in [2.24, 2.45) is 0 Å².